The van der Waals surface area contributed by atoms with Crippen molar-refractivity contribution in [3.63, 3.8) is 0 Å². The van der Waals surface area contributed by atoms with Gasteiger partial charge in [0.2, 0.25) is 0 Å². The van der Waals surface area contributed by atoms with E-state index in [1.807, 2.05) is 67.7 Å². The number of halogens is 1. The standard InChI is InChI=1S/C21H20BrN3OS/c1-4-7-16(22)8-6-13-25(3)14-10-17-19(15-26)27-21-20(17)18(9-12-24-21)23-11-5-2/h2,4,6-10,12-15H,11H2,1,3H3,(H,23,24)/b7-4-,13-6+,14-10-,16-8+. The highest BCUT2D eigenvalue weighted by Gasteiger charge is 2.14. The Morgan fingerprint density at radius 2 is 2.30 bits per heavy atom. The number of pyridine rings is 1. The Hall–Kier alpha value is -2.62. The van der Waals surface area contributed by atoms with Gasteiger partial charge < -0.3 is 10.2 Å². The van der Waals surface area contributed by atoms with Crippen LogP contribution in [0.1, 0.15) is 22.2 Å². The molecule has 0 aliphatic carbocycles. The van der Waals surface area contributed by atoms with Gasteiger partial charge in [-0.15, -0.1) is 17.8 Å². The van der Waals surface area contributed by atoms with E-state index in [0.29, 0.717) is 11.4 Å². The maximum Gasteiger partial charge on any atom is 0.160 e. The smallest absolute Gasteiger partial charge is 0.160 e. The van der Waals surface area contributed by atoms with E-state index in [1.165, 1.54) is 11.3 Å². The lowest BCUT2D eigenvalue weighted by molar-refractivity contribution is 0.112. The first-order valence-electron chi connectivity index (χ1n) is 8.21. The molecule has 0 aliphatic rings. The largest absolute Gasteiger partial charge is 0.374 e. The predicted molar refractivity (Wildman–Crippen MR) is 120 cm³/mol. The van der Waals surface area contributed by atoms with E-state index in [2.05, 4.69) is 32.2 Å². The molecule has 2 rings (SSSR count). The number of terminal acetylenes is 1. The number of hydrogen-bond donors (Lipinski definition) is 1. The Bertz CT molecular complexity index is 964. The molecule has 0 amide bonds. The Balaban J connectivity index is 2.32. The zero-order valence-corrected chi connectivity index (χ0v) is 17.5. The molecule has 6 heteroatoms. The van der Waals surface area contributed by atoms with Crippen molar-refractivity contribution in [2.45, 2.75) is 6.92 Å². The van der Waals surface area contributed by atoms with Gasteiger partial charge in [0.25, 0.3) is 0 Å². The molecule has 0 aromatic carbocycles. The molecule has 2 heterocycles. The Kier molecular flexibility index (Phi) is 8.05. The minimum atomic E-state index is 0.407. The monoisotopic (exact) mass is 441 g/mol. The van der Waals surface area contributed by atoms with Gasteiger partial charge in [0.05, 0.1) is 11.4 Å². The number of aromatic nitrogens is 1. The first-order chi connectivity index (χ1) is 13.1. The lowest BCUT2D eigenvalue weighted by Crippen LogP contribution is -2.00. The molecule has 0 saturated carbocycles. The van der Waals surface area contributed by atoms with Crippen molar-refractivity contribution in [1.82, 2.24) is 9.88 Å². The summed E-state index contributed by atoms with van der Waals surface area (Å²) >= 11 is 4.82. The molecule has 2 aromatic rings. The first-order valence-corrected chi connectivity index (χ1v) is 9.82. The van der Waals surface area contributed by atoms with Crippen LogP contribution < -0.4 is 5.32 Å². The summed E-state index contributed by atoms with van der Waals surface area (Å²) in [5, 5.41) is 4.10. The van der Waals surface area contributed by atoms with E-state index < -0.39 is 0 Å². The SMILES string of the molecule is C#CCNc1ccnc2sc(C=O)c(/C=C\N(C)/C=C/C=C(Br)\C=C/C)c12. The second kappa shape index (κ2) is 10.5. The highest BCUT2D eigenvalue weighted by Crippen LogP contribution is 2.35. The fourth-order valence-electron chi connectivity index (χ4n) is 2.34. The molecule has 0 saturated heterocycles. The van der Waals surface area contributed by atoms with Gasteiger partial charge in [-0.25, -0.2) is 4.98 Å². The summed E-state index contributed by atoms with van der Waals surface area (Å²) in [6.45, 7) is 2.37. The molecular weight excluding hydrogens is 422 g/mol. The highest BCUT2D eigenvalue weighted by molar-refractivity contribution is 9.11. The zero-order valence-electron chi connectivity index (χ0n) is 15.1. The van der Waals surface area contributed by atoms with Crippen LogP contribution in [0.25, 0.3) is 16.3 Å². The second-order valence-electron chi connectivity index (χ2n) is 5.47. The van der Waals surface area contributed by atoms with Crippen LogP contribution in [0.15, 0.2) is 53.4 Å². The average molecular weight is 442 g/mol. The van der Waals surface area contributed by atoms with Gasteiger partial charge in [-0.05, 0) is 31.2 Å². The summed E-state index contributed by atoms with van der Waals surface area (Å²) in [7, 11) is 1.93. The molecule has 4 nitrogen and oxygen atoms in total. The molecule has 0 atom stereocenters. The van der Waals surface area contributed by atoms with Gasteiger partial charge in [-0.1, -0.05) is 34.0 Å². The molecule has 27 heavy (non-hydrogen) atoms. The van der Waals surface area contributed by atoms with Crippen LogP contribution in [-0.4, -0.2) is 29.8 Å². The number of thiophene rings is 1. The number of carbonyl (C=O) groups excluding carboxylic acids is 1. The van der Waals surface area contributed by atoms with Crippen molar-refractivity contribution < 1.29 is 4.79 Å². The van der Waals surface area contributed by atoms with Gasteiger partial charge >= 0.3 is 0 Å². The third-order valence-electron chi connectivity index (χ3n) is 3.52. The molecule has 0 radical (unpaired) electrons. The predicted octanol–water partition coefficient (Wildman–Crippen LogP) is 5.43. The van der Waals surface area contributed by atoms with E-state index in [9.17, 15) is 4.79 Å². The van der Waals surface area contributed by atoms with E-state index in [1.54, 1.807) is 6.20 Å². The molecule has 1 N–H and O–H groups in total. The summed E-state index contributed by atoms with van der Waals surface area (Å²) in [6.07, 6.45) is 21.5. The van der Waals surface area contributed by atoms with Crippen LogP contribution in [0.5, 0.6) is 0 Å². The maximum absolute atomic E-state index is 11.5. The topological polar surface area (TPSA) is 45.2 Å². The molecule has 0 bridgehead atoms. The van der Waals surface area contributed by atoms with Crippen molar-refractivity contribution in [3.8, 4) is 12.3 Å². The molecule has 138 valence electrons. The Morgan fingerprint density at radius 3 is 3.00 bits per heavy atom. The summed E-state index contributed by atoms with van der Waals surface area (Å²) in [5.41, 5.74) is 1.71. The molecule has 0 aliphatic heterocycles. The Morgan fingerprint density at radius 1 is 1.48 bits per heavy atom. The summed E-state index contributed by atoms with van der Waals surface area (Å²) in [5.74, 6) is 2.57. The molecule has 2 aromatic heterocycles. The third-order valence-corrected chi connectivity index (χ3v) is 5.09. The van der Waals surface area contributed by atoms with E-state index >= 15 is 0 Å². The number of nitrogens with zero attached hydrogens (tertiary/aromatic N) is 2. The van der Waals surface area contributed by atoms with Crippen LogP contribution in [0, 0.1) is 12.3 Å². The summed E-state index contributed by atoms with van der Waals surface area (Å²) in [6, 6.07) is 1.87. The molecule has 0 spiro atoms. The fourth-order valence-corrected chi connectivity index (χ4v) is 3.73. The lowest BCUT2D eigenvalue weighted by atomic mass is 10.1. The van der Waals surface area contributed by atoms with Crippen LogP contribution in [0.2, 0.25) is 0 Å². The Labute approximate surface area is 172 Å². The van der Waals surface area contributed by atoms with Crippen molar-refractivity contribution in [2.75, 3.05) is 18.9 Å². The van der Waals surface area contributed by atoms with Gasteiger partial charge in [0, 0.05) is 46.8 Å². The highest BCUT2D eigenvalue weighted by atomic mass is 79.9. The van der Waals surface area contributed by atoms with Gasteiger partial charge in [-0.2, -0.15) is 0 Å². The number of aldehydes is 1. The van der Waals surface area contributed by atoms with Crippen molar-refractivity contribution >= 4 is 55.5 Å². The zero-order chi connectivity index (χ0) is 19.6. The van der Waals surface area contributed by atoms with E-state index in [0.717, 1.165) is 32.2 Å². The van der Waals surface area contributed by atoms with Crippen LogP contribution in [0.3, 0.4) is 0 Å². The van der Waals surface area contributed by atoms with Gasteiger partial charge in [0.15, 0.2) is 6.29 Å². The number of anilines is 1. The number of carbonyl (C=O) groups is 1. The van der Waals surface area contributed by atoms with Crippen LogP contribution >= 0.6 is 27.3 Å². The van der Waals surface area contributed by atoms with Crippen LogP contribution in [0.4, 0.5) is 5.69 Å². The first kappa shape index (κ1) is 20.7. The normalized spacial score (nSPS) is 12.3. The number of nitrogens with one attached hydrogen (secondary N) is 1. The number of allylic oxidation sites excluding steroid dienone is 5. The summed E-state index contributed by atoms with van der Waals surface area (Å²) in [4.78, 5) is 19.3. The number of rotatable bonds is 8. The quantitative estimate of drug-likeness (QED) is 0.337. The molecule has 0 unspecified atom stereocenters. The minimum absolute atomic E-state index is 0.407. The minimum Gasteiger partial charge on any atom is -0.374 e. The third kappa shape index (κ3) is 5.68. The van der Waals surface area contributed by atoms with Crippen LogP contribution in [-0.2, 0) is 0 Å². The van der Waals surface area contributed by atoms with E-state index in [-0.39, 0.29) is 0 Å². The maximum atomic E-state index is 11.5. The molecule has 0 fully saturated rings. The molecular formula is C21H20BrN3OS. The lowest BCUT2D eigenvalue weighted by Gasteiger charge is -2.08. The van der Waals surface area contributed by atoms with Crippen molar-refractivity contribution in [2.24, 2.45) is 0 Å². The number of fused-ring (bicyclic) bond motifs is 1. The van der Waals surface area contributed by atoms with Gasteiger partial charge in [0.1, 0.15) is 4.83 Å². The second-order valence-corrected chi connectivity index (χ2v) is 7.41. The summed E-state index contributed by atoms with van der Waals surface area (Å²) < 4.78 is 0.987. The number of hydrogen-bond acceptors (Lipinski definition) is 5. The fraction of sp³-hybridized carbons (Fsp3) is 0.143. The van der Waals surface area contributed by atoms with Crippen molar-refractivity contribution in [1.29, 1.82) is 0 Å². The average Bonchev–Trinajstić information content (AvgIpc) is 3.03. The van der Waals surface area contributed by atoms with Gasteiger partial charge in [-0.3, -0.25) is 4.79 Å². The van der Waals surface area contributed by atoms with E-state index in [4.69, 9.17) is 6.42 Å². The van der Waals surface area contributed by atoms with Crippen molar-refractivity contribution in [3.05, 3.63) is 63.9 Å².